The standard InChI is InChI=1S/C24H32N6O3/c1-3-33-23(31)30-16-24(17-30)7-6-18(13-24)28-9-11-29(12-10-28)22-19(5-4-8-25-22)20-14-27-21(32-2)15-26-20/h4-5,8,14-15,18H,3,6-7,9-13,16-17H2,1-2H3/t18-/m1/s1. The fraction of sp³-hybridized carbons (Fsp3) is 0.583. The van der Waals surface area contributed by atoms with Crippen LogP contribution in [0.2, 0.25) is 0 Å². The third-order valence-corrected chi connectivity index (χ3v) is 7.29. The van der Waals surface area contributed by atoms with Crippen molar-refractivity contribution in [3.63, 3.8) is 0 Å². The molecule has 0 aromatic carbocycles. The van der Waals surface area contributed by atoms with Crippen molar-refractivity contribution in [2.75, 3.05) is 57.9 Å². The molecule has 3 aliphatic rings. The molecule has 9 heteroatoms. The summed E-state index contributed by atoms with van der Waals surface area (Å²) in [6, 6.07) is 4.60. The molecule has 2 aromatic rings. The van der Waals surface area contributed by atoms with Crippen LogP contribution in [0, 0.1) is 5.41 Å². The van der Waals surface area contributed by atoms with E-state index in [1.807, 2.05) is 24.1 Å². The summed E-state index contributed by atoms with van der Waals surface area (Å²) in [7, 11) is 1.59. The summed E-state index contributed by atoms with van der Waals surface area (Å²) in [4.78, 5) is 32.3. The van der Waals surface area contributed by atoms with Crippen molar-refractivity contribution in [1.29, 1.82) is 0 Å². The largest absolute Gasteiger partial charge is 0.480 e. The van der Waals surface area contributed by atoms with Crippen LogP contribution in [0.3, 0.4) is 0 Å². The summed E-state index contributed by atoms with van der Waals surface area (Å²) in [5, 5.41) is 0. The Balaban J connectivity index is 1.18. The third-order valence-electron chi connectivity index (χ3n) is 7.29. The number of pyridine rings is 1. The molecule has 0 radical (unpaired) electrons. The molecule has 1 saturated carbocycles. The minimum atomic E-state index is -0.159. The molecule has 176 valence electrons. The van der Waals surface area contributed by atoms with Gasteiger partial charge in [-0.2, -0.15) is 0 Å². The van der Waals surface area contributed by atoms with Crippen molar-refractivity contribution >= 4 is 11.9 Å². The van der Waals surface area contributed by atoms with E-state index >= 15 is 0 Å². The molecular formula is C24H32N6O3. The molecule has 33 heavy (non-hydrogen) atoms. The molecule has 2 aromatic heterocycles. The second kappa shape index (κ2) is 9.13. The summed E-state index contributed by atoms with van der Waals surface area (Å²) < 4.78 is 10.3. The molecule has 4 heterocycles. The second-order valence-corrected chi connectivity index (χ2v) is 9.29. The maximum Gasteiger partial charge on any atom is 0.409 e. The number of anilines is 1. The van der Waals surface area contributed by atoms with E-state index in [1.165, 1.54) is 19.3 Å². The van der Waals surface area contributed by atoms with Gasteiger partial charge in [0, 0.05) is 62.5 Å². The highest BCUT2D eigenvalue weighted by Crippen LogP contribution is 2.47. The maximum atomic E-state index is 11.9. The fourth-order valence-electron chi connectivity index (χ4n) is 5.59. The van der Waals surface area contributed by atoms with E-state index in [1.54, 1.807) is 19.5 Å². The van der Waals surface area contributed by atoms with Crippen LogP contribution in [0.15, 0.2) is 30.7 Å². The van der Waals surface area contributed by atoms with Gasteiger partial charge in [-0.05, 0) is 38.3 Å². The number of piperazine rings is 1. The number of carbonyl (C=O) groups excluding carboxylic acids is 1. The zero-order valence-corrected chi connectivity index (χ0v) is 19.4. The predicted octanol–water partition coefficient (Wildman–Crippen LogP) is 2.68. The monoisotopic (exact) mass is 452 g/mol. The third kappa shape index (κ3) is 4.34. The van der Waals surface area contributed by atoms with E-state index in [9.17, 15) is 4.79 Å². The van der Waals surface area contributed by atoms with E-state index in [-0.39, 0.29) is 6.09 Å². The van der Waals surface area contributed by atoms with Gasteiger partial charge >= 0.3 is 6.09 Å². The van der Waals surface area contributed by atoms with Gasteiger partial charge in [-0.25, -0.2) is 19.7 Å². The summed E-state index contributed by atoms with van der Waals surface area (Å²) in [6.45, 7) is 7.91. The van der Waals surface area contributed by atoms with Crippen LogP contribution in [0.5, 0.6) is 5.88 Å². The number of carbonyl (C=O) groups is 1. The number of likely N-dealkylation sites (tertiary alicyclic amines) is 1. The molecular weight excluding hydrogens is 420 g/mol. The SMILES string of the molecule is CCOC(=O)N1CC2(CC[C@@H](N3CCN(c4ncccc4-c4cnc(OC)cn4)CC3)C2)C1. The first-order valence-electron chi connectivity index (χ1n) is 11.8. The Morgan fingerprint density at radius 1 is 1.15 bits per heavy atom. The van der Waals surface area contributed by atoms with Gasteiger partial charge in [0.05, 0.1) is 31.8 Å². The molecule has 2 aliphatic heterocycles. The molecule has 2 saturated heterocycles. The van der Waals surface area contributed by atoms with Gasteiger partial charge in [-0.3, -0.25) is 4.90 Å². The first-order chi connectivity index (χ1) is 16.1. The van der Waals surface area contributed by atoms with Crippen molar-refractivity contribution in [1.82, 2.24) is 24.8 Å². The zero-order chi connectivity index (χ0) is 22.8. The van der Waals surface area contributed by atoms with Gasteiger partial charge in [0.1, 0.15) is 5.82 Å². The molecule has 0 unspecified atom stereocenters. The van der Waals surface area contributed by atoms with E-state index < -0.39 is 0 Å². The number of aromatic nitrogens is 3. The zero-order valence-electron chi connectivity index (χ0n) is 19.4. The van der Waals surface area contributed by atoms with E-state index in [0.29, 0.717) is 23.9 Å². The summed E-state index contributed by atoms with van der Waals surface area (Å²) in [6.07, 6.45) is 8.66. The molecule has 1 amide bonds. The fourth-order valence-corrected chi connectivity index (χ4v) is 5.59. The summed E-state index contributed by atoms with van der Waals surface area (Å²) in [5.41, 5.74) is 2.10. The first-order valence-corrected chi connectivity index (χ1v) is 11.8. The highest BCUT2D eigenvalue weighted by atomic mass is 16.6. The van der Waals surface area contributed by atoms with Crippen LogP contribution in [-0.2, 0) is 4.74 Å². The number of methoxy groups -OCH3 is 1. The van der Waals surface area contributed by atoms with Crippen molar-refractivity contribution < 1.29 is 14.3 Å². The average molecular weight is 453 g/mol. The normalized spacial score (nSPS) is 22.3. The molecule has 1 aliphatic carbocycles. The Morgan fingerprint density at radius 3 is 2.67 bits per heavy atom. The lowest BCUT2D eigenvalue weighted by Crippen LogP contribution is -2.58. The van der Waals surface area contributed by atoms with Crippen LogP contribution in [0.4, 0.5) is 10.6 Å². The number of ether oxygens (including phenoxy) is 2. The van der Waals surface area contributed by atoms with Crippen molar-refractivity contribution in [3.05, 3.63) is 30.7 Å². The number of hydrogen-bond donors (Lipinski definition) is 0. The Hall–Kier alpha value is -2.94. The Bertz CT molecular complexity index is 970. The van der Waals surface area contributed by atoms with Crippen LogP contribution < -0.4 is 9.64 Å². The highest BCUT2D eigenvalue weighted by Gasteiger charge is 2.51. The van der Waals surface area contributed by atoms with Gasteiger partial charge in [-0.15, -0.1) is 0 Å². The number of rotatable bonds is 5. The molecule has 9 nitrogen and oxygen atoms in total. The minimum Gasteiger partial charge on any atom is -0.480 e. The Morgan fingerprint density at radius 2 is 1.97 bits per heavy atom. The van der Waals surface area contributed by atoms with Crippen LogP contribution in [0.25, 0.3) is 11.3 Å². The highest BCUT2D eigenvalue weighted by molar-refractivity contribution is 5.73. The van der Waals surface area contributed by atoms with Crippen molar-refractivity contribution in [2.24, 2.45) is 5.41 Å². The van der Waals surface area contributed by atoms with Crippen molar-refractivity contribution in [3.8, 4) is 17.1 Å². The van der Waals surface area contributed by atoms with E-state index in [0.717, 1.165) is 56.3 Å². The lowest BCUT2D eigenvalue weighted by Gasteiger charge is -2.48. The quantitative estimate of drug-likeness (QED) is 0.685. The smallest absolute Gasteiger partial charge is 0.409 e. The molecule has 3 fully saturated rings. The van der Waals surface area contributed by atoms with Gasteiger partial charge in [0.25, 0.3) is 0 Å². The molecule has 0 bridgehead atoms. The predicted molar refractivity (Wildman–Crippen MR) is 124 cm³/mol. The van der Waals surface area contributed by atoms with E-state index in [2.05, 4.69) is 30.8 Å². The summed E-state index contributed by atoms with van der Waals surface area (Å²) >= 11 is 0. The topological polar surface area (TPSA) is 83.9 Å². The van der Waals surface area contributed by atoms with Gasteiger partial charge < -0.3 is 19.3 Å². The van der Waals surface area contributed by atoms with E-state index in [4.69, 9.17) is 9.47 Å². The Kier molecular flexibility index (Phi) is 6.05. The summed E-state index contributed by atoms with van der Waals surface area (Å²) in [5.74, 6) is 1.47. The average Bonchev–Trinajstić information content (AvgIpc) is 3.30. The van der Waals surface area contributed by atoms with Crippen LogP contribution >= 0.6 is 0 Å². The van der Waals surface area contributed by atoms with Crippen molar-refractivity contribution in [2.45, 2.75) is 32.2 Å². The van der Waals surface area contributed by atoms with Crippen LogP contribution in [-0.4, -0.2) is 89.9 Å². The van der Waals surface area contributed by atoms with Gasteiger partial charge in [-0.1, -0.05) is 0 Å². The maximum absolute atomic E-state index is 11.9. The lowest BCUT2D eigenvalue weighted by molar-refractivity contribution is -0.00294. The van der Waals surface area contributed by atoms with Gasteiger partial charge in [0.2, 0.25) is 5.88 Å². The number of amides is 1. The lowest BCUT2D eigenvalue weighted by atomic mass is 9.78. The van der Waals surface area contributed by atoms with Crippen LogP contribution in [0.1, 0.15) is 26.2 Å². The second-order valence-electron chi connectivity index (χ2n) is 9.29. The molecule has 1 atom stereocenters. The Labute approximate surface area is 194 Å². The molecule has 1 spiro atoms. The number of nitrogens with zero attached hydrogens (tertiary/aromatic N) is 6. The van der Waals surface area contributed by atoms with Gasteiger partial charge in [0.15, 0.2) is 0 Å². The number of hydrogen-bond acceptors (Lipinski definition) is 8. The molecule has 0 N–H and O–H groups in total. The first kappa shape index (κ1) is 21.9. The minimum absolute atomic E-state index is 0.159. The molecule has 5 rings (SSSR count).